The summed E-state index contributed by atoms with van der Waals surface area (Å²) in [6, 6.07) is 4.63. The van der Waals surface area contributed by atoms with Crippen molar-refractivity contribution >= 4 is 0 Å². The van der Waals surface area contributed by atoms with Crippen molar-refractivity contribution in [1.29, 1.82) is 0 Å². The topological polar surface area (TPSA) is 0 Å². The Bertz CT molecular complexity index is 533. The minimum absolute atomic E-state index is 0. The molecule has 1 aliphatic carbocycles. The first-order chi connectivity index (χ1) is 8.28. The van der Waals surface area contributed by atoms with E-state index in [9.17, 15) is 0 Å². The molecule has 0 heterocycles. The van der Waals surface area contributed by atoms with Crippen LogP contribution in [0.2, 0.25) is 3.72 Å². The van der Waals surface area contributed by atoms with Crippen LogP contribution in [-0.4, -0.2) is 0 Å². The van der Waals surface area contributed by atoms with Gasteiger partial charge < -0.3 is 37.2 Å². The van der Waals surface area contributed by atoms with Gasteiger partial charge in [-0.15, -0.1) is 0 Å². The van der Waals surface area contributed by atoms with Gasteiger partial charge in [-0.1, -0.05) is 0 Å². The molecule has 0 fully saturated rings. The molecule has 0 saturated carbocycles. The molecule has 0 unspecified atom stereocenters. The molecule has 0 radical (unpaired) electrons. The molecule has 0 amide bonds. The first-order valence-electron chi connectivity index (χ1n) is 6.48. The van der Waals surface area contributed by atoms with Crippen molar-refractivity contribution in [2.24, 2.45) is 0 Å². The smallest absolute Gasteiger partial charge is 1.00 e. The molecule has 0 atom stereocenters. The molecule has 0 saturated heterocycles. The molecule has 4 heteroatoms. The van der Waals surface area contributed by atoms with Gasteiger partial charge in [0.25, 0.3) is 0 Å². The third kappa shape index (κ3) is 4.18. The van der Waals surface area contributed by atoms with E-state index in [-0.39, 0.29) is 46.4 Å². The standard InChI is InChI=1S/C17H21.3ClH.Ti/c1-12-10-13(2)14(3)16(11-12)17(4,5)15-8-6-7-9-15;;;;/h6-11H,1-5H3;3*1H;/q;;;;+3/p-3. The Morgan fingerprint density at radius 2 is 1.38 bits per heavy atom. The van der Waals surface area contributed by atoms with Crippen molar-refractivity contribution in [2.75, 3.05) is 0 Å². The van der Waals surface area contributed by atoms with Gasteiger partial charge in [0.2, 0.25) is 0 Å². The Labute approximate surface area is 159 Å². The van der Waals surface area contributed by atoms with Crippen LogP contribution in [0.3, 0.4) is 0 Å². The fourth-order valence-electron chi connectivity index (χ4n) is 2.80. The predicted molar refractivity (Wildman–Crippen MR) is 74.7 cm³/mol. The number of hydrogen-bond donors (Lipinski definition) is 0. The van der Waals surface area contributed by atoms with Gasteiger partial charge >= 0.3 is 123 Å². The molecule has 114 valence electrons. The van der Waals surface area contributed by atoms with Crippen LogP contribution in [0.4, 0.5) is 0 Å². The summed E-state index contributed by atoms with van der Waals surface area (Å²) in [5.74, 6) is 0. The van der Waals surface area contributed by atoms with Crippen LogP contribution >= 0.6 is 0 Å². The summed E-state index contributed by atoms with van der Waals surface area (Å²) >= 11 is 2.32. The quantitative estimate of drug-likeness (QED) is 0.457. The first-order valence-corrected chi connectivity index (χ1v) is 7.26. The van der Waals surface area contributed by atoms with Gasteiger partial charge in [-0.3, -0.25) is 0 Å². The molecule has 1 aromatic rings. The van der Waals surface area contributed by atoms with Gasteiger partial charge in [-0.05, 0) is 0 Å². The minimum Gasteiger partial charge on any atom is -1.00 e. The number of aryl methyl sites for hydroxylation is 2. The monoisotopic (exact) mass is 378 g/mol. The maximum atomic E-state index is 2.36. The number of rotatable bonds is 2. The van der Waals surface area contributed by atoms with Crippen LogP contribution in [0.15, 0.2) is 36.4 Å². The van der Waals surface area contributed by atoms with E-state index in [4.69, 9.17) is 0 Å². The zero-order valence-corrected chi connectivity index (χ0v) is 16.9. The molecular formula is C17H21Cl3Ti. The SMILES string of the molecule is Cc1cc(C)c(C)c(C(C)(C)[C]2([Ti+3])C=CC=C2)c1.[Cl-].[Cl-].[Cl-]. The van der Waals surface area contributed by atoms with E-state index < -0.39 is 0 Å². The van der Waals surface area contributed by atoms with Crippen LogP contribution in [0.25, 0.3) is 0 Å². The van der Waals surface area contributed by atoms with Gasteiger partial charge in [-0.25, -0.2) is 0 Å². The molecule has 0 spiro atoms. The minimum atomic E-state index is 0. The number of benzene rings is 1. The summed E-state index contributed by atoms with van der Waals surface area (Å²) in [5.41, 5.74) is 5.76. The Morgan fingerprint density at radius 3 is 1.86 bits per heavy atom. The third-order valence-electron chi connectivity index (χ3n) is 4.35. The number of hydrogen-bond acceptors (Lipinski definition) is 0. The second kappa shape index (κ2) is 8.22. The zero-order chi connectivity index (χ0) is 13.6. The number of halogens is 3. The fraction of sp³-hybridized carbons (Fsp3) is 0.412. The summed E-state index contributed by atoms with van der Waals surface area (Å²) < 4.78 is 0.109. The third-order valence-corrected chi connectivity index (χ3v) is 5.85. The summed E-state index contributed by atoms with van der Waals surface area (Å²) in [5, 5.41) is 0. The summed E-state index contributed by atoms with van der Waals surface area (Å²) in [6.45, 7) is 11.4. The van der Waals surface area contributed by atoms with E-state index in [1.54, 1.807) is 0 Å². The Kier molecular flexibility index (Phi) is 9.22. The average Bonchev–Trinajstić information content (AvgIpc) is 2.72. The largest absolute Gasteiger partial charge is 1.00 e. The maximum Gasteiger partial charge on any atom is -1.00 e. The second-order valence-electron chi connectivity index (χ2n) is 5.97. The van der Waals surface area contributed by atoms with Gasteiger partial charge in [0, 0.05) is 0 Å². The Balaban J connectivity index is 0. The van der Waals surface area contributed by atoms with Crippen LogP contribution in [0.1, 0.15) is 36.1 Å². The molecule has 0 N–H and O–H groups in total. The van der Waals surface area contributed by atoms with E-state index in [0.29, 0.717) is 0 Å². The van der Waals surface area contributed by atoms with E-state index >= 15 is 0 Å². The van der Waals surface area contributed by atoms with Crippen molar-refractivity contribution < 1.29 is 57.7 Å². The van der Waals surface area contributed by atoms with Gasteiger partial charge in [0.15, 0.2) is 0 Å². The van der Waals surface area contributed by atoms with Gasteiger partial charge in [0.05, 0.1) is 0 Å². The molecule has 1 aliphatic rings. The predicted octanol–water partition coefficient (Wildman–Crippen LogP) is -4.27. The Hall–Kier alpha value is 0.284. The second-order valence-corrected chi connectivity index (χ2v) is 7.26. The molecular weight excluding hydrogens is 358 g/mol. The molecule has 21 heavy (non-hydrogen) atoms. The Morgan fingerprint density at radius 1 is 0.905 bits per heavy atom. The van der Waals surface area contributed by atoms with Crippen molar-refractivity contribution in [3.63, 3.8) is 0 Å². The average molecular weight is 380 g/mol. The molecule has 2 rings (SSSR count). The van der Waals surface area contributed by atoms with Crippen LogP contribution in [0, 0.1) is 20.8 Å². The van der Waals surface area contributed by atoms with Crippen molar-refractivity contribution in [2.45, 2.75) is 43.8 Å². The van der Waals surface area contributed by atoms with Crippen LogP contribution in [-0.2, 0) is 25.9 Å². The van der Waals surface area contributed by atoms with Crippen molar-refractivity contribution in [3.05, 3.63) is 58.7 Å². The summed E-state index contributed by atoms with van der Waals surface area (Å²) in [4.78, 5) is 0. The molecule has 1 aromatic carbocycles. The number of allylic oxidation sites excluding steroid dienone is 4. The molecule has 0 bridgehead atoms. The van der Waals surface area contributed by atoms with Gasteiger partial charge in [-0.2, -0.15) is 0 Å². The zero-order valence-electron chi connectivity index (χ0n) is 13.1. The van der Waals surface area contributed by atoms with E-state index in [1.807, 2.05) is 0 Å². The summed E-state index contributed by atoms with van der Waals surface area (Å²) in [6.07, 6.45) is 8.98. The van der Waals surface area contributed by atoms with E-state index in [2.05, 4.69) is 91.5 Å². The maximum absolute atomic E-state index is 2.36. The van der Waals surface area contributed by atoms with Crippen LogP contribution in [0.5, 0.6) is 0 Å². The van der Waals surface area contributed by atoms with E-state index in [0.717, 1.165) is 0 Å². The fourth-order valence-corrected chi connectivity index (χ4v) is 3.31. The van der Waals surface area contributed by atoms with Crippen molar-refractivity contribution in [1.82, 2.24) is 0 Å². The van der Waals surface area contributed by atoms with Gasteiger partial charge in [0.1, 0.15) is 0 Å². The molecule has 0 aliphatic heterocycles. The van der Waals surface area contributed by atoms with Crippen molar-refractivity contribution in [3.8, 4) is 0 Å². The van der Waals surface area contributed by atoms with Crippen LogP contribution < -0.4 is 37.2 Å². The molecule has 0 aromatic heterocycles. The first kappa shape index (κ1) is 23.5. The normalized spacial score (nSPS) is 15.0. The summed E-state index contributed by atoms with van der Waals surface area (Å²) in [7, 11) is 0. The van der Waals surface area contributed by atoms with E-state index in [1.165, 1.54) is 22.3 Å². The molecule has 0 nitrogen and oxygen atoms in total.